The quantitative estimate of drug-likeness (QED) is 0.878. The summed E-state index contributed by atoms with van der Waals surface area (Å²) in [6, 6.07) is 7.04. The number of nitrogens with one attached hydrogen (secondary N) is 1. The number of halogens is 1. The van der Waals surface area contributed by atoms with Crippen LogP contribution in [0.5, 0.6) is 0 Å². The molecule has 2 aromatic rings. The molecular weight excluding hydrogens is 257 g/mol. The summed E-state index contributed by atoms with van der Waals surface area (Å²) in [6.45, 7) is 6.85. The van der Waals surface area contributed by atoms with Gasteiger partial charge in [-0.1, -0.05) is 26.0 Å². The van der Waals surface area contributed by atoms with Crippen molar-refractivity contribution >= 4 is 0 Å². The van der Waals surface area contributed by atoms with Gasteiger partial charge in [0.15, 0.2) is 5.82 Å². The smallest absolute Gasteiger partial charge is 0.165 e. The highest BCUT2D eigenvalue weighted by Crippen LogP contribution is 2.14. The fourth-order valence-corrected chi connectivity index (χ4v) is 2.01. The summed E-state index contributed by atoms with van der Waals surface area (Å²) in [5.41, 5.74) is 1.07. The van der Waals surface area contributed by atoms with Gasteiger partial charge in [0.1, 0.15) is 5.82 Å². The molecule has 0 aliphatic heterocycles. The summed E-state index contributed by atoms with van der Waals surface area (Å²) in [4.78, 5) is 0. The lowest BCUT2D eigenvalue weighted by atomic mass is 10.1. The van der Waals surface area contributed by atoms with Crippen molar-refractivity contribution in [2.75, 3.05) is 0 Å². The molecule has 1 N–H and O–H groups in total. The highest BCUT2D eigenvalue weighted by atomic mass is 19.1. The van der Waals surface area contributed by atoms with Crippen molar-refractivity contribution in [2.24, 2.45) is 0 Å². The number of hydrogen-bond donors (Lipinski definition) is 1. The zero-order chi connectivity index (χ0) is 14.5. The summed E-state index contributed by atoms with van der Waals surface area (Å²) in [7, 11) is 0. The van der Waals surface area contributed by atoms with Crippen LogP contribution < -0.4 is 5.32 Å². The highest BCUT2D eigenvalue weighted by Gasteiger charge is 2.13. The molecule has 20 heavy (non-hydrogen) atoms. The van der Waals surface area contributed by atoms with E-state index in [4.69, 9.17) is 0 Å². The maximum atomic E-state index is 12.9. The Balaban J connectivity index is 2.03. The van der Waals surface area contributed by atoms with Gasteiger partial charge in [0.05, 0.1) is 12.6 Å². The first-order valence-electron chi connectivity index (χ1n) is 6.81. The van der Waals surface area contributed by atoms with E-state index in [-0.39, 0.29) is 11.9 Å². The van der Waals surface area contributed by atoms with E-state index < -0.39 is 0 Å². The zero-order valence-electron chi connectivity index (χ0n) is 12.0. The third-order valence-corrected chi connectivity index (χ3v) is 3.09. The Morgan fingerprint density at radius 1 is 1.20 bits per heavy atom. The Kier molecular flexibility index (Phi) is 4.79. The van der Waals surface area contributed by atoms with E-state index in [2.05, 4.69) is 41.6 Å². The van der Waals surface area contributed by atoms with Crippen LogP contribution in [-0.4, -0.2) is 26.2 Å². The van der Waals surface area contributed by atoms with Crippen molar-refractivity contribution in [3.63, 3.8) is 0 Å². The van der Waals surface area contributed by atoms with Crippen LogP contribution in [0.25, 0.3) is 0 Å². The van der Waals surface area contributed by atoms with Crippen LogP contribution in [0, 0.1) is 5.82 Å². The van der Waals surface area contributed by atoms with Crippen molar-refractivity contribution in [1.82, 2.24) is 25.5 Å². The number of tetrazole rings is 1. The summed E-state index contributed by atoms with van der Waals surface area (Å²) in [6.07, 6.45) is 0.764. The highest BCUT2D eigenvalue weighted by molar-refractivity contribution is 5.16. The van der Waals surface area contributed by atoms with Gasteiger partial charge in [-0.25, -0.2) is 9.07 Å². The lowest BCUT2D eigenvalue weighted by Crippen LogP contribution is -2.25. The third-order valence-electron chi connectivity index (χ3n) is 3.09. The molecule has 0 radical (unpaired) electrons. The molecule has 0 saturated carbocycles. The third kappa shape index (κ3) is 3.84. The molecule has 0 spiro atoms. The molecule has 5 nitrogen and oxygen atoms in total. The Labute approximate surface area is 118 Å². The molecule has 0 bridgehead atoms. The molecular formula is C14H20FN5. The summed E-state index contributed by atoms with van der Waals surface area (Å²) >= 11 is 0. The molecule has 0 aliphatic carbocycles. The summed E-state index contributed by atoms with van der Waals surface area (Å²) in [5, 5.41) is 15.1. The van der Waals surface area contributed by atoms with E-state index in [9.17, 15) is 4.39 Å². The second kappa shape index (κ2) is 6.56. The molecule has 1 aromatic heterocycles. The molecule has 0 aliphatic rings. The normalized spacial score (nSPS) is 12.8. The number of hydrogen-bond acceptors (Lipinski definition) is 4. The fourth-order valence-electron chi connectivity index (χ4n) is 2.01. The van der Waals surface area contributed by atoms with Crippen molar-refractivity contribution in [3.05, 3.63) is 41.5 Å². The molecule has 1 aromatic carbocycles. The number of aromatic nitrogens is 4. The van der Waals surface area contributed by atoms with Crippen molar-refractivity contribution < 1.29 is 4.39 Å². The van der Waals surface area contributed by atoms with Gasteiger partial charge in [0.25, 0.3) is 0 Å². The van der Waals surface area contributed by atoms with E-state index in [0.29, 0.717) is 12.6 Å². The van der Waals surface area contributed by atoms with E-state index in [1.54, 1.807) is 12.1 Å². The minimum absolute atomic E-state index is 0.124. The standard InChI is InChI=1S/C14H20FN5/c1-10(2)16-9-14-17-18-19-20(14)11(3)8-12-4-6-13(15)7-5-12/h4-7,10-11,16H,8-9H2,1-3H3. The maximum Gasteiger partial charge on any atom is 0.165 e. The number of rotatable bonds is 6. The average Bonchev–Trinajstić information content (AvgIpc) is 2.87. The van der Waals surface area contributed by atoms with Crippen LogP contribution in [-0.2, 0) is 13.0 Å². The van der Waals surface area contributed by atoms with Crippen LogP contribution in [0.4, 0.5) is 4.39 Å². The lowest BCUT2D eigenvalue weighted by molar-refractivity contribution is 0.442. The summed E-state index contributed by atoms with van der Waals surface area (Å²) in [5.74, 6) is 0.596. The molecule has 1 atom stereocenters. The van der Waals surface area contributed by atoms with Crippen molar-refractivity contribution in [3.8, 4) is 0 Å². The van der Waals surface area contributed by atoms with E-state index in [1.807, 2.05) is 4.68 Å². The molecule has 1 heterocycles. The van der Waals surface area contributed by atoms with Gasteiger partial charge < -0.3 is 5.32 Å². The van der Waals surface area contributed by atoms with Crippen LogP contribution in [0.3, 0.4) is 0 Å². The molecule has 6 heteroatoms. The second-order valence-electron chi connectivity index (χ2n) is 5.25. The van der Waals surface area contributed by atoms with Crippen LogP contribution in [0.15, 0.2) is 24.3 Å². The van der Waals surface area contributed by atoms with Crippen molar-refractivity contribution in [2.45, 2.75) is 45.8 Å². The van der Waals surface area contributed by atoms with Gasteiger partial charge in [-0.15, -0.1) is 5.10 Å². The minimum Gasteiger partial charge on any atom is -0.308 e. The molecule has 108 valence electrons. The molecule has 0 fully saturated rings. The predicted molar refractivity (Wildman–Crippen MR) is 74.6 cm³/mol. The monoisotopic (exact) mass is 277 g/mol. The van der Waals surface area contributed by atoms with Gasteiger partial charge in [0.2, 0.25) is 0 Å². The molecule has 1 unspecified atom stereocenters. The Morgan fingerprint density at radius 3 is 2.55 bits per heavy atom. The first-order valence-corrected chi connectivity index (χ1v) is 6.81. The first kappa shape index (κ1) is 14.6. The maximum absolute atomic E-state index is 12.9. The van der Waals surface area contributed by atoms with Gasteiger partial charge in [-0.05, 0) is 41.5 Å². The molecule has 2 rings (SSSR count). The van der Waals surface area contributed by atoms with Crippen LogP contribution >= 0.6 is 0 Å². The zero-order valence-corrected chi connectivity index (χ0v) is 12.0. The van der Waals surface area contributed by atoms with E-state index in [1.165, 1.54) is 12.1 Å². The first-order chi connectivity index (χ1) is 9.56. The van der Waals surface area contributed by atoms with E-state index in [0.717, 1.165) is 17.8 Å². The SMILES string of the molecule is CC(C)NCc1nnnn1C(C)Cc1ccc(F)cc1. The van der Waals surface area contributed by atoms with Crippen molar-refractivity contribution in [1.29, 1.82) is 0 Å². The number of nitrogens with zero attached hydrogens (tertiary/aromatic N) is 4. The van der Waals surface area contributed by atoms with E-state index >= 15 is 0 Å². The van der Waals surface area contributed by atoms with Gasteiger partial charge in [0, 0.05) is 6.04 Å². The Hall–Kier alpha value is -1.82. The average molecular weight is 277 g/mol. The summed E-state index contributed by atoms with van der Waals surface area (Å²) < 4.78 is 14.7. The van der Waals surface area contributed by atoms with Gasteiger partial charge >= 0.3 is 0 Å². The Morgan fingerprint density at radius 2 is 1.90 bits per heavy atom. The molecule has 0 saturated heterocycles. The molecule has 0 amide bonds. The second-order valence-corrected chi connectivity index (χ2v) is 5.25. The topological polar surface area (TPSA) is 55.6 Å². The predicted octanol–water partition coefficient (Wildman–Crippen LogP) is 2.11. The minimum atomic E-state index is -0.217. The van der Waals surface area contributed by atoms with Gasteiger partial charge in [-0.3, -0.25) is 0 Å². The largest absolute Gasteiger partial charge is 0.308 e. The lowest BCUT2D eigenvalue weighted by Gasteiger charge is -2.14. The van der Waals surface area contributed by atoms with Gasteiger partial charge in [-0.2, -0.15) is 0 Å². The van der Waals surface area contributed by atoms with Crippen LogP contribution in [0.2, 0.25) is 0 Å². The van der Waals surface area contributed by atoms with Crippen LogP contribution in [0.1, 0.15) is 38.2 Å². The Bertz CT molecular complexity index is 535. The number of benzene rings is 1. The fraction of sp³-hybridized carbons (Fsp3) is 0.500.